The maximum Gasteiger partial charge on any atom is 0.117 e. The van der Waals surface area contributed by atoms with E-state index in [1.54, 1.807) is 0 Å². The zero-order valence-corrected chi connectivity index (χ0v) is 16.1. The molecule has 2 unspecified atom stereocenters. The van der Waals surface area contributed by atoms with Crippen LogP contribution in [0.15, 0.2) is 0 Å². The molecule has 0 aromatic carbocycles. The first-order valence-corrected chi connectivity index (χ1v) is 10.3. The van der Waals surface area contributed by atoms with Crippen LogP contribution in [0, 0.1) is 17.8 Å². The Kier molecular flexibility index (Phi) is 6.20. The zero-order chi connectivity index (χ0) is 17.2. The number of nitrogens with zero attached hydrogens (tertiary/aromatic N) is 2. The first-order valence-electron chi connectivity index (χ1n) is 10.3. The summed E-state index contributed by atoms with van der Waals surface area (Å²) in [6.45, 7) is 14.1. The highest BCUT2D eigenvalue weighted by atomic mass is 19.1. The predicted molar refractivity (Wildman–Crippen MR) is 99.1 cm³/mol. The van der Waals surface area contributed by atoms with Gasteiger partial charge in [-0.15, -0.1) is 0 Å². The van der Waals surface area contributed by atoms with Crippen molar-refractivity contribution in [3.8, 4) is 0 Å². The second-order valence-corrected chi connectivity index (χ2v) is 9.41. The second kappa shape index (κ2) is 8.01. The number of nitrogens with one attached hydrogen (secondary N) is 1. The van der Waals surface area contributed by atoms with Crippen molar-refractivity contribution in [1.82, 2.24) is 15.1 Å². The van der Waals surface area contributed by atoms with Gasteiger partial charge in [-0.05, 0) is 97.4 Å². The Balaban J connectivity index is 1.41. The topological polar surface area (TPSA) is 18.5 Å². The van der Waals surface area contributed by atoms with Crippen LogP contribution in [0.1, 0.15) is 52.9 Å². The second-order valence-electron chi connectivity index (χ2n) is 9.41. The molecular formula is C20H38FN3. The Labute approximate surface area is 148 Å². The smallest absolute Gasteiger partial charge is 0.117 e. The molecule has 140 valence electrons. The van der Waals surface area contributed by atoms with Crippen molar-refractivity contribution in [3.05, 3.63) is 0 Å². The van der Waals surface area contributed by atoms with Gasteiger partial charge in [0.1, 0.15) is 6.17 Å². The van der Waals surface area contributed by atoms with Crippen LogP contribution in [0.2, 0.25) is 0 Å². The van der Waals surface area contributed by atoms with Crippen molar-refractivity contribution >= 4 is 0 Å². The lowest BCUT2D eigenvalue weighted by Gasteiger charge is -2.44. The lowest BCUT2D eigenvalue weighted by atomic mass is 9.79. The molecule has 3 fully saturated rings. The Morgan fingerprint density at radius 1 is 0.917 bits per heavy atom. The molecule has 24 heavy (non-hydrogen) atoms. The highest BCUT2D eigenvalue weighted by Gasteiger charge is 2.35. The normalized spacial score (nSPS) is 33.0. The molecular weight excluding hydrogens is 301 g/mol. The van der Waals surface area contributed by atoms with Crippen molar-refractivity contribution in [3.63, 3.8) is 0 Å². The van der Waals surface area contributed by atoms with Gasteiger partial charge in [0.25, 0.3) is 0 Å². The Bertz CT molecular complexity index is 381. The Hall–Kier alpha value is -0.190. The minimum Gasteiger partial charge on any atom is -0.317 e. The molecule has 3 nitrogen and oxygen atoms in total. The van der Waals surface area contributed by atoms with Crippen LogP contribution >= 0.6 is 0 Å². The number of hydrogen-bond donors (Lipinski definition) is 1. The minimum absolute atomic E-state index is 0.0997. The van der Waals surface area contributed by atoms with E-state index in [2.05, 4.69) is 35.9 Å². The first kappa shape index (κ1) is 18.6. The average molecular weight is 340 g/mol. The minimum atomic E-state index is -0.653. The van der Waals surface area contributed by atoms with E-state index in [1.807, 2.05) is 0 Å². The maximum absolute atomic E-state index is 14.7. The van der Waals surface area contributed by atoms with Crippen LogP contribution in [-0.4, -0.2) is 67.3 Å². The summed E-state index contributed by atoms with van der Waals surface area (Å²) >= 11 is 0. The van der Waals surface area contributed by atoms with E-state index in [0.717, 1.165) is 31.3 Å². The number of rotatable bonds is 3. The number of hydrogen-bond acceptors (Lipinski definition) is 3. The zero-order valence-electron chi connectivity index (χ0n) is 16.1. The fraction of sp³-hybridized carbons (Fsp3) is 1.00. The summed E-state index contributed by atoms with van der Waals surface area (Å²) in [7, 11) is 0. The average Bonchev–Trinajstić information content (AvgIpc) is 2.57. The quantitative estimate of drug-likeness (QED) is 0.852. The van der Waals surface area contributed by atoms with E-state index < -0.39 is 6.17 Å². The molecule has 3 saturated heterocycles. The van der Waals surface area contributed by atoms with Gasteiger partial charge < -0.3 is 10.2 Å². The molecule has 0 amide bonds. The van der Waals surface area contributed by atoms with E-state index in [4.69, 9.17) is 0 Å². The van der Waals surface area contributed by atoms with E-state index in [1.165, 1.54) is 51.9 Å². The summed E-state index contributed by atoms with van der Waals surface area (Å²) in [6.07, 6.45) is 5.77. The number of halogens is 1. The fourth-order valence-corrected chi connectivity index (χ4v) is 5.02. The van der Waals surface area contributed by atoms with Gasteiger partial charge in [0.2, 0.25) is 0 Å². The summed E-state index contributed by atoms with van der Waals surface area (Å²) in [5.41, 5.74) is 0.0997. The van der Waals surface area contributed by atoms with Gasteiger partial charge in [-0.3, -0.25) is 4.90 Å². The third-order valence-electron chi connectivity index (χ3n) is 6.80. The third-order valence-corrected chi connectivity index (χ3v) is 6.80. The standard InChI is InChI=1S/C20H38FN3/c1-20(2,3)24-13-8-18(19(21)15-24)14-23-11-6-17(7-12-23)16-4-9-22-10-5-16/h16-19,22H,4-15H2,1-3H3. The Morgan fingerprint density at radius 3 is 2.12 bits per heavy atom. The monoisotopic (exact) mass is 339 g/mol. The molecule has 0 aromatic rings. The molecule has 4 heteroatoms. The van der Waals surface area contributed by atoms with Crippen molar-refractivity contribution in [2.45, 2.75) is 64.6 Å². The molecule has 0 saturated carbocycles. The molecule has 3 aliphatic heterocycles. The van der Waals surface area contributed by atoms with Gasteiger partial charge in [0.05, 0.1) is 0 Å². The molecule has 0 aromatic heterocycles. The molecule has 2 atom stereocenters. The van der Waals surface area contributed by atoms with Gasteiger partial charge in [-0.25, -0.2) is 4.39 Å². The third kappa shape index (κ3) is 4.70. The maximum atomic E-state index is 14.7. The SMILES string of the molecule is CC(C)(C)N1CCC(CN2CCC(C3CCNCC3)CC2)C(F)C1. The van der Waals surface area contributed by atoms with Crippen LogP contribution < -0.4 is 5.32 Å². The van der Waals surface area contributed by atoms with Crippen molar-refractivity contribution < 1.29 is 4.39 Å². The van der Waals surface area contributed by atoms with E-state index in [-0.39, 0.29) is 11.5 Å². The molecule has 0 spiro atoms. The largest absolute Gasteiger partial charge is 0.317 e. The van der Waals surface area contributed by atoms with E-state index in [0.29, 0.717) is 6.54 Å². The van der Waals surface area contributed by atoms with Crippen molar-refractivity contribution in [2.24, 2.45) is 17.8 Å². The van der Waals surface area contributed by atoms with E-state index >= 15 is 0 Å². The lowest BCUT2D eigenvalue weighted by Crippen LogP contribution is -2.53. The number of likely N-dealkylation sites (tertiary alicyclic amines) is 2. The molecule has 1 N–H and O–H groups in total. The molecule has 0 aliphatic carbocycles. The first-order chi connectivity index (χ1) is 11.4. The molecule has 0 bridgehead atoms. The molecule has 3 aliphatic rings. The van der Waals surface area contributed by atoms with Gasteiger partial charge >= 0.3 is 0 Å². The summed E-state index contributed by atoms with van der Waals surface area (Å²) in [6, 6.07) is 0. The van der Waals surface area contributed by atoms with Gasteiger partial charge in [-0.2, -0.15) is 0 Å². The molecule has 3 rings (SSSR count). The summed E-state index contributed by atoms with van der Waals surface area (Å²) in [4.78, 5) is 4.87. The van der Waals surface area contributed by atoms with Crippen LogP contribution in [0.3, 0.4) is 0 Å². The van der Waals surface area contributed by atoms with Gasteiger partial charge in [0, 0.05) is 24.5 Å². The summed E-state index contributed by atoms with van der Waals surface area (Å²) in [5, 5.41) is 3.48. The van der Waals surface area contributed by atoms with E-state index in [9.17, 15) is 4.39 Å². The van der Waals surface area contributed by atoms with Crippen molar-refractivity contribution in [2.75, 3.05) is 45.8 Å². The molecule has 0 radical (unpaired) electrons. The highest BCUT2D eigenvalue weighted by molar-refractivity contribution is 4.89. The van der Waals surface area contributed by atoms with Crippen LogP contribution in [0.5, 0.6) is 0 Å². The van der Waals surface area contributed by atoms with Crippen LogP contribution in [0.4, 0.5) is 4.39 Å². The predicted octanol–water partition coefficient (Wildman–Crippen LogP) is 3.16. The van der Waals surface area contributed by atoms with Crippen LogP contribution in [0.25, 0.3) is 0 Å². The van der Waals surface area contributed by atoms with Gasteiger partial charge in [-0.1, -0.05) is 0 Å². The van der Waals surface area contributed by atoms with Crippen molar-refractivity contribution in [1.29, 1.82) is 0 Å². The fourth-order valence-electron chi connectivity index (χ4n) is 5.02. The summed E-state index contributed by atoms with van der Waals surface area (Å²) < 4.78 is 14.7. The molecule has 3 heterocycles. The van der Waals surface area contributed by atoms with Gasteiger partial charge in [0.15, 0.2) is 0 Å². The number of alkyl halides is 1. The number of piperidine rings is 3. The summed E-state index contributed by atoms with van der Waals surface area (Å²) in [5.74, 6) is 2.11. The lowest BCUT2D eigenvalue weighted by molar-refractivity contribution is 0.00940. The van der Waals surface area contributed by atoms with Crippen LogP contribution in [-0.2, 0) is 0 Å². The Morgan fingerprint density at radius 2 is 1.54 bits per heavy atom. The highest BCUT2D eigenvalue weighted by Crippen LogP contribution is 2.32.